The fourth-order valence-electron chi connectivity index (χ4n) is 3.38. The van der Waals surface area contributed by atoms with Gasteiger partial charge in [0.05, 0.1) is 16.8 Å². The maximum absolute atomic E-state index is 12.9. The second-order valence-electron chi connectivity index (χ2n) is 6.20. The first-order valence-electron chi connectivity index (χ1n) is 7.68. The molecular weight excluding hydrogens is 372 g/mol. The van der Waals surface area contributed by atoms with E-state index in [2.05, 4.69) is 0 Å². The van der Waals surface area contributed by atoms with Gasteiger partial charge in [0.2, 0.25) is 5.91 Å². The third-order valence-corrected chi connectivity index (χ3v) is 10.2. The summed E-state index contributed by atoms with van der Waals surface area (Å²) in [5.74, 6) is -0.482. The molecule has 24 heavy (non-hydrogen) atoms. The summed E-state index contributed by atoms with van der Waals surface area (Å²) in [6.45, 7) is 3.49. The zero-order valence-electron chi connectivity index (χ0n) is 13.3. The summed E-state index contributed by atoms with van der Waals surface area (Å²) < 4.78 is 50.2. The highest BCUT2D eigenvalue weighted by molar-refractivity contribution is 7.97. The predicted molar refractivity (Wildman–Crippen MR) is 91.6 cm³/mol. The highest BCUT2D eigenvalue weighted by Gasteiger charge is 2.48. The first kappa shape index (κ1) is 17.8. The Hall–Kier alpha value is -0.970. The van der Waals surface area contributed by atoms with Crippen molar-refractivity contribution in [3.05, 3.63) is 17.5 Å². The van der Waals surface area contributed by atoms with Crippen LogP contribution in [0.5, 0.6) is 0 Å². The van der Waals surface area contributed by atoms with Gasteiger partial charge < -0.3 is 4.90 Å². The minimum absolute atomic E-state index is 0.0172. The summed E-state index contributed by atoms with van der Waals surface area (Å²) in [5, 5.41) is 0.738. The molecular formula is C14H20N2O5S3. The lowest BCUT2D eigenvalue weighted by Crippen LogP contribution is -2.55. The Kier molecular flexibility index (Phi) is 4.75. The molecule has 2 fully saturated rings. The molecule has 0 N–H and O–H groups in total. The van der Waals surface area contributed by atoms with Crippen LogP contribution in [0.4, 0.5) is 0 Å². The Balaban J connectivity index is 1.85. The van der Waals surface area contributed by atoms with Crippen molar-refractivity contribution in [1.29, 1.82) is 0 Å². The van der Waals surface area contributed by atoms with Gasteiger partial charge in [0, 0.05) is 39.1 Å². The van der Waals surface area contributed by atoms with Crippen LogP contribution in [0, 0.1) is 0 Å². The fraction of sp³-hybridized carbons (Fsp3) is 0.643. The van der Waals surface area contributed by atoms with Gasteiger partial charge in [-0.25, -0.2) is 16.8 Å². The average Bonchev–Trinajstić information content (AvgIpc) is 3.15. The molecule has 0 saturated carbocycles. The van der Waals surface area contributed by atoms with Crippen LogP contribution in [0.3, 0.4) is 0 Å². The minimum Gasteiger partial charge on any atom is -0.340 e. The van der Waals surface area contributed by atoms with Gasteiger partial charge in [-0.15, -0.1) is 11.3 Å². The van der Waals surface area contributed by atoms with Crippen molar-refractivity contribution in [3.8, 4) is 0 Å². The molecule has 134 valence electrons. The SMILES string of the molecule is CC(=O)N1CCN([C@@H]2CS(=O)(=O)C[C@H]2S(=O)(=O)c2cccs2)CC1. The van der Waals surface area contributed by atoms with Crippen LogP contribution in [0.1, 0.15) is 6.92 Å². The summed E-state index contributed by atoms with van der Waals surface area (Å²) in [4.78, 5) is 15.0. The van der Waals surface area contributed by atoms with Crippen LogP contribution < -0.4 is 0 Å². The fourth-order valence-corrected chi connectivity index (χ4v) is 9.43. The Morgan fingerprint density at radius 2 is 1.88 bits per heavy atom. The maximum Gasteiger partial charge on any atom is 0.219 e. The Labute approximate surface area is 146 Å². The summed E-state index contributed by atoms with van der Waals surface area (Å²) in [7, 11) is -7.07. The molecule has 0 aliphatic carbocycles. The largest absolute Gasteiger partial charge is 0.340 e. The van der Waals surface area contributed by atoms with Gasteiger partial charge in [-0.1, -0.05) is 6.07 Å². The first-order chi connectivity index (χ1) is 11.2. The molecule has 0 unspecified atom stereocenters. The summed E-state index contributed by atoms with van der Waals surface area (Å²) >= 11 is 1.12. The molecule has 2 saturated heterocycles. The van der Waals surface area contributed by atoms with Crippen LogP contribution in [0.2, 0.25) is 0 Å². The number of nitrogens with zero attached hydrogens (tertiary/aromatic N) is 2. The lowest BCUT2D eigenvalue weighted by Gasteiger charge is -2.38. The van der Waals surface area contributed by atoms with E-state index in [1.54, 1.807) is 16.3 Å². The zero-order chi connectivity index (χ0) is 17.5. The quantitative estimate of drug-likeness (QED) is 0.711. The van der Waals surface area contributed by atoms with Gasteiger partial charge in [0.15, 0.2) is 19.7 Å². The molecule has 0 radical (unpaired) electrons. The van der Waals surface area contributed by atoms with Crippen LogP contribution in [-0.2, 0) is 24.5 Å². The lowest BCUT2D eigenvalue weighted by atomic mass is 10.2. The topological polar surface area (TPSA) is 91.8 Å². The second kappa shape index (κ2) is 6.40. The standard InChI is InChI=1S/C14H20N2O5S3/c1-11(17)15-4-6-16(7-5-15)12-9-23(18,19)10-13(12)24(20,21)14-3-2-8-22-14/h2-3,8,12-13H,4-7,9-10H2,1H3/t12-,13-/m1/s1. The van der Waals surface area contributed by atoms with Crippen LogP contribution >= 0.6 is 11.3 Å². The van der Waals surface area contributed by atoms with Crippen molar-refractivity contribution >= 4 is 36.9 Å². The van der Waals surface area contributed by atoms with E-state index in [-0.39, 0.29) is 21.6 Å². The number of piperazine rings is 1. The highest BCUT2D eigenvalue weighted by Crippen LogP contribution is 2.31. The maximum atomic E-state index is 12.9. The van der Waals surface area contributed by atoms with E-state index in [0.717, 1.165) is 11.3 Å². The number of amides is 1. The molecule has 2 atom stereocenters. The second-order valence-corrected chi connectivity index (χ2v) is 11.7. The number of hydrogen-bond donors (Lipinski definition) is 0. The van der Waals surface area contributed by atoms with Crippen molar-refractivity contribution in [2.45, 2.75) is 22.4 Å². The summed E-state index contributed by atoms with van der Waals surface area (Å²) in [5.41, 5.74) is 0. The molecule has 3 heterocycles. The van der Waals surface area contributed by atoms with E-state index in [0.29, 0.717) is 26.2 Å². The Bertz CT molecular complexity index is 809. The normalized spacial score (nSPS) is 28.1. The summed E-state index contributed by atoms with van der Waals surface area (Å²) in [6, 6.07) is 2.63. The van der Waals surface area contributed by atoms with E-state index in [4.69, 9.17) is 0 Å². The van der Waals surface area contributed by atoms with Gasteiger partial charge in [-0.3, -0.25) is 9.69 Å². The van der Waals surface area contributed by atoms with Gasteiger partial charge in [0.25, 0.3) is 0 Å². The average molecular weight is 393 g/mol. The van der Waals surface area contributed by atoms with Crippen molar-refractivity contribution in [1.82, 2.24) is 9.80 Å². The van der Waals surface area contributed by atoms with Gasteiger partial charge in [-0.05, 0) is 11.4 Å². The smallest absolute Gasteiger partial charge is 0.219 e. The molecule has 1 amide bonds. The monoisotopic (exact) mass is 392 g/mol. The molecule has 3 rings (SSSR count). The van der Waals surface area contributed by atoms with E-state index < -0.39 is 31.0 Å². The number of carbonyl (C=O) groups is 1. The molecule has 10 heteroatoms. The Morgan fingerprint density at radius 1 is 1.21 bits per heavy atom. The van der Waals surface area contributed by atoms with E-state index in [9.17, 15) is 21.6 Å². The van der Waals surface area contributed by atoms with E-state index in [1.807, 2.05) is 4.90 Å². The van der Waals surface area contributed by atoms with Crippen molar-refractivity contribution in [2.75, 3.05) is 37.7 Å². The Morgan fingerprint density at radius 3 is 2.42 bits per heavy atom. The van der Waals surface area contributed by atoms with Crippen LogP contribution in [-0.4, -0.2) is 81.5 Å². The van der Waals surface area contributed by atoms with Crippen LogP contribution in [0.15, 0.2) is 21.7 Å². The van der Waals surface area contributed by atoms with Gasteiger partial charge >= 0.3 is 0 Å². The molecule has 7 nitrogen and oxygen atoms in total. The number of sulfone groups is 2. The molecule has 1 aromatic heterocycles. The van der Waals surface area contributed by atoms with Crippen molar-refractivity contribution in [3.63, 3.8) is 0 Å². The molecule has 0 bridgehead atoms. The molecule has 1 aromatic rings. The van der Waals surface area contributed by atoms with E-state index in [1.165, 1.54) is 13.0 Å². The summed E-state index contributed by atoms with van der Waals surface area (Å²) in [6.07, 6.45) is 0. The first-order valence-corrected chi connectivity index (χ1v) is 11.9. The highest BCUT2D eigenvalue weighted by atomic mass is 32.2. The van der Waals surface area contributed by atoms with E-state index >= 15 is 0 Å². The minimum atomic E-state index is -3.68. The zero-order valence-corrected chi connectivity index (χ0v) is 15.7. The van der Waals surface area contributed by atoms with Gasteiger partial charge in [-0.2, -0.15) is 0 Å². The number of hydrogen-bond acceptors (Lipinski definition) is 7. The number of rotatable bonds is 3. The molecule has 2 aliphatic rings. The number of carbonyl (C=O) groups excluding carboxylic acids is 1. The van der Waals surface area contributed by atoms with Crippen LogP contribution in [0.25, 0.3) is 0 Å². The molecule has 0 spiro atoms. The van der Waals surface area contributed by atoms with Crippen molar-refractivity contribution < 1.29 is 21.6 Å². The predicted octanol–water partition coefficient (Wildman–Crippen LogP) is -0.148. The van der Waals surface area contributed by atoms with Gasteiger partial charge in [0.1, 0.15) is 4.21 Å². The van der Waals surface area contributed by atoms with Crippen molar-refractivity contribution in [2.24, 2.45) is 0 Å². The molecule has 0 aromatic carbocycles. The third-order valence-electron chi connectivity index (χ3n) is 4.67. The molecule has 2 aliphatic heterocycles. The lowest BCUT2D eigenvalue weighted by molar-refractivity contribution is -0.130. The number of thiophene rings is 1. The third kappa shape index (κ3) is 3.37.